The van der Waals surface area contributed by atoms with Crippen molar-refractivity contribution in [3.63, 3.8) is 0 Å². The van der Waals surface area contributed by atoms with Crippen molar-refractivity contribution in [2.75, 3.05) is 5.32 Å². The molecular formula is C25H21BrF3N5OS. The number of rotatable bonds is 7. The minimum Gasteiger partial charge on any atom is -0.332 e. The van der Waals surface area contributed by atoms with Crippen molar-refractivity contribution in [3.8, 4) is 5.69 Å². The van der Waals surface area contributed by atoms with Crippen LogP contribution in [0.4, 0.5) is 24.0 Å². The van der Waals surface area contributed by atoms with Crippen LogP contribution in [0.25, 0.3) is 5.69 Å². The third kappa shape index (κ3) is 6.21. The van der Waals surface area contributed by atoms with Crippen LogP contribution < -0.4 is 10.7 Å². The molecule has 11 heteroatoms. The lowest BCUT2D eigenvalue weighted by atomic mass is 10.2. The average Bonchev–Trinajstić information content (AvgIpc) is 3.37. The van der Waals surface area contributed by atoms with Crippen LogP contribution in [0, 0.1) is 13.8 Å². The van der Waals surface area contributed by atoms with Gasteiger partial charge in [0.25, 0.3) is 0 Å². The summed E-state index contributed by atoms with van der Waals surface area (Å²) >= 11 is 4.64. The van der Waals surface area contributed by atoms with Crippen molar-refractivity contribution in [2.24, 2.45) is 5.10 Å². The monoisotopic (exact) mass is 575 g/mol. The smallest absolute Gasteiger partial charge is 0.332 e. The molecule has 0 saturated carbocycles. The van der Waals surface area contributed by atoms with Crippen LogP contribution in [0.5, 0.6) is 0 Å². The fourth-order valence-electron chi connectivity index (χ4n) is 3.63. The molecule has 186 valence electrons. The number of amides is 1. The number of alkyl halides is 3. The van der Waals surface area contributed by atoms with Crippen molar-refractivity contribution >= 4 is 50.2 Å². The lowest BCUT2D eigenvalue weighted by molar-refractivity contribution is -0.137. The summed E-state index contributed by atoms with van der Waals surface area (Å²) in [5.41, 5.74) is 6.41. The Labute approximate surface area is 218 Å². The van der Waals surface area contributed by atoms with Crippen molar-refractivity contribution in [3.05, 3.63) is 92.7 Å². The molecule has 0 saturated heterocycles. The van der Waals surface area contributed by atoms with Crippen molar-refractivity contribution in [1.82, 2.24) is 15.0 Å². The van der Waals surface area contributed by atoms with Crippen LogP contribution in [-0.2, 0) is 17.4 Å². The SMILES string of the molecule is Cc1cc(/C=N\NC(=O)Cc2csc(Nc3cccc(C(F)(F)F)c3)n2)c(C)n1-c1ccc(Br)cc1. The molecule has 0 aliphatic heterocycles. The highest BCUT2D eigenvalue weighted by Crippen LogP contribution is 2.32. The zero-order valence-corrected chi connectivity index (χ0v) is 21.6. The van der Waals surface area contributed by atoms with Crippen molar-refractivity contribution in [2.45, 2.75) is 26.4 Å². The lowest BCUT2D eigenvalue weighted by Crippen LogP contribution is -2.20. The molecule has 1 amide bonds. The molecule has 2 aromatic carbocycles. The second-order valence-electron chi connectivity index (χ2n) is 7.96. The lowest BCUT2D eigenvalue weighted by Gasteiger charge is -2.09. The summed E-state index contributed by atoms with van der Waals surface area (Å²) in [5.74, 6) is -0.358. The summed E-state index contributed by atoms with van der Waals surface area (Å²) in [7, 11) is 0. The maximum absolute atomic E-state index is 12.9. The fraction of sp³-hybridized carbons (Fsp3) is 0.160. The first-order chi connectivity index (χ1) is 17.1. The van der Waals surface area contributed by atoms with Crippen LogP contribution >= 0.6 is 27.3 Å². The van der Waals surface area contributed by atoms with E-state index in [0.717, 1.165) is 39.2 Å². The van der Waals surface area contributed by atoms with Gasteiger partial charge < -0.3 is 9.88 Å². The van der Waals surface area contributed by atoms with Gasteiger partial charge in [-0.1, -0.05) is 22.0 Å². The Hall–Kier alpha value is -3.44. The van der Waals surface area contributed by atoms with Crippen LogP contribution in [0.15, 0.2) is 69.6 Å². The Bertz CT molecular complexity index is 1410. The number of nitrogens with zero attached hydrogens (tertiary/aromatic N) is 3. The van der Waals surface area contributed by atoms with Crippen LogP contribution in [0.3, 0.4) is 0 Å². The van der Waals surface area contributed by atoms with Gasteiger partial charge in [-0.2, -0.15) is 18.3 Å². The summed E-state index contributed by atoms with van der Waals surface area (Å²) in [5, 5.41) is 8.98. The van der Waals surface area contributed by atoms with Crippen LogP contribution in [0.1, 0.15) is 28.2 Å². The molecular weight excluding hydrogens is 555 g/mol. The Morgan fingerprint density at radius 3 is 2.64 bits per heavy atom. The third-order valence-electron chi connectivity index (χ3n) is 5.28. The molecule has 0 radical (unpaired) electrons. The highest BCUT2D eigenvalue weighted by atomic mass is 79.9. The first kappa shape index (κ1) is 25.6. The maximum Gasteiger partial charge on any atom is 0.416 e. The molecule has 2 N–H and O–H groups in total. The van der Waals surface area contributed by atoms with E-state index in [2.05, 4.69) is 41.3 Å². The molecule has 0 fully saturated rings. The highest BCUT2D eigenvalue weighted by molar-refractivity contribution is 9.10. The number of aryl methyl sites for hydroxylation is 1. The molecule has 4 rings (SSSR count). The van der Waals surface area contributed by atoms with Gasteiger partial charge in [0, 0.05) is 38.2 Å². The third-order valence-corrected chi connectivity index (χ3v) is 6.62. The highest BCUT2D eigenvalue weighted by Gasteiger charge is 2.30. The molecule has 0 aliphatic carbocycles. The summed E-state index contributed by atoms with van der Waals surface area (Å²) in [6.07, 6.45) is -2.85. The molecule has 0 bridgehead atoms. The minimum atomic E-state index is -4.43. The quantitative estimate of drug-likeness (QED) is 0.189. The Balaban J connectivity index is 1.35. The maximum atomic E-state index is 12.9. The van der Waals surface area contributed by atoms with E-state index in [-0.39, 0.29) is 18.0 Å². The van der Waals surface area contributed by atoms with Gasteiger partial charge in [-0.3, -0.25) is 4.79 Å². The summed E-state index contributed by atoms with van der Waals surface area (Å²) in [6.45, 7) is 3.98. The molecule has 0 aliphatic rings. The van der Waals surface area contributed by atoms with E-state index in [9.17, 15) is 18.0 Å². The number of aromatic nitrogens is 2. The van der Waals surface area contributed by atoms with E-state index in [1.54, 1.807) is 11.6 Å². The van der Waals surface area contributed by atoms with E-state index in [1.807, 2.05) is 44.2 Å². The topological polar surface area (TPSA) is 71.3 Å². The predicted octanol–water partition coefficient (Wildman–Crippen LogP) is 6.77. The number of hydrogen-bond acceptors (Lipinski definition) is 5. The first-order valence-electron chi connectivity index (χ1n) is 10.8. The van der Waals surface area contributed by atoms with Gasteiger partial charge in [-0.05, 0) is 62.4 Å². The van der Waals surface area contributed by atoms with Crippen molar-refractivity contribution in [1.29, 1.82) is 0 Å². The number of anilines is 2. The standard InChI is InChI=1S/C25H21BrF3N5OS/c1-15-10-17(16(2)34(15)22-8-6-19(26)7-9-22)13-30-33-23(35)12-21-14-36-24(32-21)31-20-5-3-4-18(11-20)25(27,28)29/h3-11,13-14H,12H2,1-2H3,(H,31,32)(H,33,35)/b30-13-. The minimum absolute atomic E-state index is 0.0178. The molecule has 0 atom stereocenters. The largest absolute Gasteiger partial charge is 0.416 e. The zero-order valence-electron chi connectivity index (χ0n) is 19.2. The summed E-state index contributed by atoms with van der Waals surface area (Å²) in [6, 6.07) is 14.8. The van der Waals surface area contributed by atoms with Gasteiger partial charge in [0.1, 0.15) is 0 Å². The van der Waals surface area contributed by atoms with Gasteiger partial charge in [-0.15, -0.1) is 11.3 Å². The van der Waals surface area contributed by atoms with Gasteiger partial charge in [0.2, 0.25) is 5.91 Å². The Morgan fingerprint density at radius 1 is 1.17 bits per heavy atom. The Kier molecular flexibility index (Phi) is 7.60. The molecule has 2 heterocycles. The molecule has 0 unspecified atom stereocenters. The second kappa shape index (κ2) is 10.7. The molecule has 0 spiro atoms. The molecule has 4 aromatic rings. The van der Waals surface area contributed by atoms with E-state index >= 15 is 0 Å². The van der Waals surface area contributed by atoms with E-state index in [0.29, 0.717) is 10.8 Å². The van der Waals surface area contributed by atoms with E-state index in [1.165, 1.54) is 23.5 Å². The van der Waals surface area contributed by atoms with Crippen LogP contribution in [0.2, 0.25) is 0 Å². The van der Waals surface area contributed by atoms with Gasteiger partial charge in [-0.25, -0.2) is 10.4 Å². The van der Waals surface area contributed by atoms with Gasteiger partial charge in [0.15, 0.2) is 5.13 Å². The number of halogens is 4. The number of carbonyl (C=O) groups is 1. The summed E-state index contributed by atoms with van der Waals surface area (Å²) in [4.78, 5) is 16.6. The van der Waals surface area contributed by atoms with Crippen molar-refractivity contribution < 1.29 is 18.0 Å². The molecule has 6 nitrogen and oxygen atoms in total. The van der Waals surface area contributed by atoms with Gasteiger partial charge >= 0.3 is 6.18 Å². The normalized spacial score (nSPS) is 11.7. The zero-order chi connectivity index (χ0) is 25.9. The number of hydrazone groups is 1. The fourth-order valence-corrected chi connectivity index (χ4v) is 4.62. The second-order valence-corrected chi connectivity index (χ2v) is 9.73. The number of thiazole rings is 1. The number of benzene rings is 2. The number of carbonyl (C=O) groups excluding carboxylic acids is 1. The molecule has 2 aromatic heterocycles. The van der Waals surface area contributed by atoms with E-state index in [4.69, 9.17) is 0 Å². The number of hydrogen-bond donors (Lipinski definition) is 2. The number of nitrogens with one attached hydrogen (secondary N) is 2. The van der Waals surface area contributed by atoms with Crippen LogP contribution in [-0.4, -0.2) is 21.7 Å². The van der Waals surface area contributed by atoms with E-state index < -0.39 is 11.7 Å². The van der Waals surface area contributed by atoms with Gasteiger partial charge in [0.05, 0.1) is 23.9 Å². The summed E-state index contributed by atoms with van der Waals surface area (Å²) < 4.78 is 41.8. The average molecular weight is 576 g/mol. The predicted molar refractivity (Wildman–Crippen MR) is 139 cm³/mol. The first-order valence-corrected chi connectivity index (χ1v) is 12.4. The molecule has 36 heavy (non-hydrogen) atoms. The Morgan fingerprint density at radius 2 is 1.92 bits per heavy atom.